The minimum Gasteiger partial charge on any atom is -0.487 e. The molecule has 1 aliphatic heterocycles. The standard InChI is InChI=1S/C26H19ClN4O2/c27-22-8-4-19(5-9-22)21-14-29-31(15-21)23-10-6-20(7-11-23)26(32)30-16-25(17-30)33-24-3-1-2-18(12-24)13-28/h1-12,14-15,25H,16-17H2. The molecular weight excluding hydrogens is 436 g/mol. The molecule has 0 radical (unpaired) electrons. The SMILES string of the molecule is N#Cc1cccc(OC2CN(C(=O)c3ccc(-n4cc(-c5ccc(Cl)cc5)cn4)cc3)C2)c1. The molecule has 0 aliphatic carbocycles. The molecule has 7 heteroatoms. The number of benzene rings is 3. The molecular formula is C26H19ClN4O2. The predicted octanol–water partition coefficient (Wildman–Crippen LogP) is 4.97. The maximum Gasteiger partial charge on any atom is 0.254 e. The molecule has 1 amide bonds. The smallest absolute Gasteiger partial charge is 0.254 e. The molecule has 1 fully saturated rings. The molecule has 162 valence electrons. The van der Waals surface area contributed by atoms with Crippen LogP contribution in [0.2, 0.25) is 5.02 Å². The summed E-state index contributed by atoms with van der Waals surface area (Å²) in [6.07, 6.45) is 3.67. The molecule has 0 unspecified atom stereocenters. The zero-order valence-electron chi connectivity index (χ0n) is 17.6. The highest BCUT2D eigenvalue weighted by atomic mass is 35.5. The van der Waals surface area contributed by atoms with Gasteiger partial charge in [-0.25, -0.2) is 4.68 Å². The third-order valence-electron chi connectivity index (χ3n) is 5.54. The van der Waals surface area contributed by atoms with Crippen LogP contribution in [0.25, 0.3) is 16.8 Å². The second kappa shape index (κ2) is 8.81. The number of hydrogen-bond acceptors (Lipinski definition) is 4. The number of carbonyl (C=O) groups is 1. The number of halogens is 1. The Morgan fingerprint density at radius 1 is 1.03 bits per heavy atom. The van der Waals surface area contributed by atoms with Gasteiger partial charge in [0.15, 0.2) is 0 Å². The molecule has 33 heavy (non-hydrogen) atoms. The number of carbonyl (C=O) groups excluding carboxylic acids is 1. The molecule has 0 N–H and O–H groups in total. The van der Waals surface area contributed by atoms with Crippen molar-refractivity contribution in [1.29, 1.82) is 5.26 Å². The van der Waals surface area contributed by atoms with Gasteiger partial charge in [-0.2, -0.15) is 10.4 Å². The molecule has 6 nitrogen and oxygen atoms in total. The van der Waals surface area contributed by atoms with Crippen LogP contribution < -0.4 is 4.74 Å². The lowest BCUT2D eigenvalue weighted by Gasteiger charge is -2.39. The number of nitrogens with zero attached hydrogens (tertiary/aromatic N) is 4. The zero-order chi connectivity index (χ0) is 22.8. The summed E-state index contributed by atoms with van der Waals surface area (Å²) in [6.45, 7) is 1.03. The van der Waals surface area contributed by atoms with Crippen molar-refractivity contribution < 1.29 is 9.53 Å². The highest BCUT2D eigenvalue weighted by Crippen LogP contribution is 2.24. The van der Waals surface area contributed by atoms with Crippen molar-refractivity contribution >= 4 is 17.5 Å². The van der Waals surface area contributed by atoms with Crippen LogP contribution in [0.5, 0.6) is 5.75 Å². The van der Waals surface area contributed by atoms with Crippen molar-refractivity contribution in [3.05, 3.63) is 101 Å². The number of amides is 1. The van der Waals surface area contributed by atoms with Crippen LogP contribution in [0.1, 0.15) is 15.9 Å². The molecule has 3 aromatic carbocycles. The van der Waals surface area contributed by atoms with Crippen molar-refractivity contribution in [3.8, 4) is 28.6 Å². The first-order valence-electron chi connectivity index (χ1n) is 10.5. The predicted molar refractivity (Wildman–Crippen MR) is 125 cm³/mol. The molecule has 0 atom stereocenters. The van der Waals surface area contributed by atoms with E-state index >= 15 is 0 Å². The van der Waals surface area contributed by atoms with Gasteiger partial charge in [-0.05, 0) is 60.2 Å². The largest absolute Gasteiger partial charge is 0.487 e. The van der Waals surface area contributed by atoms with Gasteiger partial charge in [0.25, 0.3) is 5.91 Å². The molecule has 0 spiro atoms. The number of likely N-dealkylation sites (tertiary alicyclic amines) is 1. The Kier molecular flexibility index (Phi) is 5.55. The van der Waals surface area contributed by atoms with E-state index in [-0.39, 0.29) is 12.0 Å². The van der Waals surface area contributed by atoms with Crippen LogP contribution in [0.4, 0.5) is 0 Å². The maximum atomic E-state index is 12.8. The van der Waals surface area contributed by atoms with Gasteiger partial charge in [0.2, 0.25) is 0 Å². The number of rotatable bonds is 5. The minimum absolute atomic E-state index is 0.0329. The van der Waals surface area contributed by atoms with Gasteiger partial charge in [0.1, 0.15) is 11.9 Å². The molecule has 1 aromatic heterocycles. The molecule has 4 aromatic rings. The summed E-state index contributed by atoms with van der Waals surface area (Å²) in [5, 5.41) is 14.1. The van der Waals surface area contributed by atoms with E-state index in [2.05, 4.69) is 11.2 Å². The van der Waals surface area contributed by atoms with Gasteiger partial charge < -0.3 is 9.64 Å². The Bertz CT molecular complexity index is 1330. The average molecular weight is 455 g/mol. The summed E-state index contributed by atoms with van der Waals surface area (Å²) in [5.41, 5.74) is 4.06. The second-order valence-electron chi connectivity index (χ2n) is 7.82. The third kappa shape index (κ3) is 4.45. The second-order valence-corrected chi connectivity index (χ2v) is 8.25. The molecule has 0 saturated carbocycles. The van der Waals surface area contributed by atoms with Crippen LogP contribution in [0.3, 0.4) is 0 Å². The minimum atomic E-state index is -0.0717. The summed E-state index contributed by atoms with van der Waals surface area (Å²) < 4.78 is 7.65. The topological polar surface area (TPSA) is 71.2 Å². The summed E-state index contributed by atoms with van der Waals surface area (Å²) in [6, 6.07) is 24.1. The van der Waals surface area contributed by atoms with Crippen molar-refractivity contribution in [2.24, 2.45) is 0 Å². The Labute approximate surface area is 196 Å². The Balaban J connectivity index is 1.20. The first-order valence-corrected chi connectivity index (χ1v) is 10.8. The van der Waals surface area contributed by atoms with E-state index in [4.69, 9.17) is 21.6 Å². The highest BCUT2D eigenvalue weighted by Gasteiger charge is 2.32. The van der Waals surface area contributed by atoms with E-state index in [9.17, 15) is 4.79 Å². The zero-order valence-corrected chi connectivity index (χ0v) is 18.3. The fraction of sp³-hybridized carbons (Fsp3) is 0.115. The Morgan fingerprint density at radius 2 is 1.79 bits per heavy atom. The molecule has 1 aliphatic rings. The third-order valence-corrected chi connectivity index (χ3v) is 5.79. The van der Waals surface area contributed by atoms with Gasteiger partial charge in [0.05, 0.1) is 36.6 Å². The average Bonchev–Trinajstić information content (AvgIpc) is 3.32. The van der Waals surface area contributed by atoms with Crippen LogP contribution >= 0.6 is 11.6 Å². The lowest BCUT2D eigenvalue weighted by atomic mass is 10.1. The maximum absolute atomic E-state index is 12.8. The van der Waals surface area contributed by atoms with E-state index in [1.54, 1.807) is 34.0 Å². The van der Waals surface area contributed by atoms with Crippen molar-refractivity contribution in [1.82, 2.24) is 14.7 Å². The number of hydrogen-bond donors (Lipinski definition) is 0. The monoisotopic (exact) mass is 454 g/mol. The summed E-state index contributed by atoms with van der Waals surface area (Å²) in [4.78, 5) is 14.5. The van der Waals surface area contributed by atoms with E-state index < -0.39 is 0 Å². The van der Waals surface area contributed by atoms with Crippen molar-refractivity contribution in [2.75, 3.05) is 13.1 Å². The highest BCUT2D eigenvalue weighted by molar-refractivity contribution is 6.30. The number of aromatic nitrogens is 2. The first kappa shape index (κ1) is 20.8. The molecule has 1 saturated heterocycles. The van der Waals surface area contributed by atoms with Crippen LogP contribution in [0.15, 0.2) is 85.2 Å². The van der Waals surface area contributed by atoms with E-state index in [1.807, 2.05) is 60.8 Å². The Hall–Kier alpha value is -4.08. The summed E-state index contributed by atoms with van der Waals surface area (Å²) >= 11 is 5.96. The van der Waals surface area contributed by atoms with Crippen LogP contribution in [-0.4, -0.2) is 39.8 Å². The van der Waals surface area contributed by atoms with Crippen LogP contribution in [-0.2, 0) is 0 Å². The normalized spacial score (nSPS) is 13.3. The van der Waals surface area contributed by atoms with E-state index in [0.29, 0.717) is 35.0 Å². The van der Waals surface area contributed by atoms with Gasteiger partial charge in [0, 0.05) is 22.3 Å². The number of ether oxygens (including phenoxy) is 1. The lowest BCUT2D eigenvalue weighted by molar-refractivity contribution is 0.0178. The van der Waals surface area contributed by atoms with Gasteiger partial charge in [-0.15, -0.1) is 0 Å². The Morgan fingerprint density at radius 3 is 2.52 bits per heavy atom. The molecule has 2 heterocycles. The van der Waals surface area contributed by atoms with Crippen molar-refractivity contribution in [3.63, 3.8) is 0 Å². The summed E-state index contributed by atoms with van der Waals surface area (Å²) in [7, 11) is 0. The fourth-order valence-electron chi connectivity index (χ4n) is 3.70. The van der Waals surface area contributed by atoms with Gasteiger partial charge >= 0.3 is 0 Å². The number of nitriles is 1. The molecule has 5 rings (SSSR count). The van der Waals surface area contributed by atoms with Gasteiger partial charge in [-0.3, -0.25) is 4.79 Å². The molecule has 0 bridgehead atoms. The quantitative estimate of drug-likeness (QED) is 0.427. The van der Waals surface area contributed by atoms with Crippen LogP contribution in [0, 0.1) is 11.3 Å². The fourth-order valence-corrected chi connectivity index (χ4v) is 3.83. The lowest BCUT2D eigenvalue weighted by Crippen LogP contribution is -2.56. The first-order chi connectivity index (χ1) is 16.1. The van der Waals surface area contributed by atoms with Gasteiger partial charge in [-0.1, -0.05) is 29.8 Å². The van der Waals surface area contributed by atoms with E-state index in [0.717, 1.165) is 16.8 Å². The summed E-state index contributed by atoms with van der Waals surface area (Å²) in [5.74, 6) is 0.613. The van der Waals surface area contributed by atoms with E-state index in [1.165, 1.54) is 0 Å². The van der Waals surface area contributed by atoms with Crippen molar-refractivity contribution in [2.45, 2.75) is 6.10 Å².